The van der Waals surface area contributed by atoms with Gasteiger partial charge < -0.3 is 10.6 Å². The third-order valence-corrected chi connectivity index (χ3v) is 3.80. The van der Waals surface area contributed by atoms with E-state index in [0.29, 0.717) is 11.0 Å². The lowest BCUT2D eigenvalue weighted by molar-refractivity contribution is 0.867. The second-order valence-electron chi connectivity index (χ2n) is 5.65. The molecule has 0 saturated heterocycles. The van der Waals surface area contributed by atoms with Crippen molar-refractivity contribution in [1.29, 1.82) is 0 Å². The van der Waals surface area contributed by atoms with Gasteiger partial charge in [0.05, 0.1) is 0 Å². The summed E-state index contributed by atoms with van der Waals surface area (Å²) in [5, 5.41) is 7.03. The van der Waals surface area contributed by atoms with Crippen LogP contribution in [0.3, 0.4) is 0 Å². The van der Waals surface area contributed by atoms with Crippen LogP contribution in [0, 0.1) is 13.8 Å². The van der Waals surface area contributed by atoms with Crippen molar-refractivity contribution in [2.45, 2.75) is 33.6 Å². The van der Waals surface area contributed by atoms with Gasteiger partial charge in [0.1, 0.15) is 0 Å². The Morgan fingerprint density at radius 3 is 2.00 bits per heavy atom. The molecule has 0 heterocycles. The summed E-state index contributed by atoms with van der Waals surface area (Å²) in [6.07, 6.45) is 0. The van der Waals surface area contributed by atoms with Gasteiger partial charge in [0.15, 0.2) is 5.11 Å². The van der Waals surface area contributed by atoms with E-state index in [1.165, 1.54) is 16.7 Å². The monoisotopic (exact) mass is 298 g/mol. The number of rotatable bonds is 3. The summed E-state index contributed by atoms with van der Waals surface area (Å²) in [7, 11) is 0. The van der Waals surface area contributed by atoms with E-state index in [0.717, 1.165) is 11.4 Å². The van der Waals surface area contributed by atoms with E-state index in [4.69, 9.17) is 12.2 Å². The summed E-state index contributed by atoms with van der Waals surface area (Å²) in [5.74, 6) is 0.541. The van der Waals surface area contributed by atoms with Crippen LogP contribution in [0.4, 0.5) is 11.4 Å². The first-order valence-corrected chi connectivity index (χ1v) is 7.62. The van der Waals surface area contributed by atoms with Gasteiger partial charge in [0.25, 0.3) is 0 Å². The molecule has 0 aliphatic heterocycles. The quantitative estimate of drug-likeness (QED) is 0.758. The molecular formula is C18H22N2S. The molecule has 0 aliphatic carbocycles. The zero-order chi connectivity index (χ0) is 15.4. The minimum absolute atomic E-state index is 0.541. The van der Waals surface area contributed by atoms with Crippen molar-refractivity contribution in [2.24, 2.45) is 0 Å². The van der Waals surface area contributed by atoms with Gasteiger partial charge in [0.2, 0.25) is 0 Å². The number of anilines is 2. The molecule has 2 aromatic carbocycles. The largest absolute Gasteiger partial charge is 0.332 e. The minimum atomic E-state index is 0.541. The Hall–Kier alpha value is -1.87. The minimum Gasteiger partial charge on any atom is -0.332 e. The average molecular weight is 298 g/mol. The van der Waals surface area contributed by atoms with E-state index in [1.54, 1.807) is 0 Å². The van der Waals surface area contributed by atoms with Gasteiger partial charge in [-0.25, -0.2) is 0 Å². The van der Waals surface area contributed by atoms with Crippen LogP contribution in [0.1, 0.15) is 36.5 Å². The Kier molecular flexibility index (Phi) is 4.97. The van der Waals surface area contributed by atoms with Crippen LogP contribution >= 0.6 is 12.2 Å². The Balaban J connectivity index is 1.99. The predicted octanol–water partition coefficient (Wildman–Crippen LogP) is 5.24. The molecule has 0 atom stereocenters. The van der Waals surface area contributed by atoms with Crippen molar-refractivity contribution in [2.75, 3.05) is 10.6 Å². The Morgan fingerprint density at radius 1 is 0.857 bits per heavy atom. The van der Waals surface area contributed by atoms with E-state index in [9.17, 15) is 0 Å². The normalized spacial score (nSPS) is 10.5. The van der Waals surface area contributed by atoms with Crippen LogP contribution in [0.15, 0.2) is 42.5 Å². The van der Waals surface area contributed by atoms with Gasteiger partial charge in [-0.05, 0) is 72.9 Å². The van der Waals surface area contributed by atoms with Crippen molar-refractivity contribution < 1.29 is 0 Å². The van der Waals surface area contributed by atoms with E-state index in [1.807, 2.05) is 6.07 Å². The molecule has 0 bridgehead atoms. The zero-order valence-electron chi connectivity index (χ0n) is 13.0. The standard InChI is InChI=1S/C18H22N2S/c1-12(2)15-6-9-16(10-7-15)19-18(21)20-17-8-5-13(3)14(4)11-17/h5-12H,1-4H3,(H2,19,20,21). The lowest BCUT2D eigenvalue weighted by Crippen LogP contribution is -2.19. The Morgan fingerprint density at radius 2 is 1.43 bits per heavy atom. The fourth-order valence-electron chi connectivity index (χ4n) is 2.06. The van der Waals surface area contributed by atoms with Crippen LogP contribution in [-0.4, -0.2) is 5.11 Å². The average Bonchev–Trinajstić information content (AvgIpc) is 2.43. The van der Waals surface area contributed by atoms with Crippen molar-refractivity contribution in [3.8, 4) is 0 Å². The molecule has 110 valence electrons. The number of hydrogen-bond donors (Lipinski definition) is 2. The second-order valence-corrected chi connectivity index (χ2v) is 6.06. The first-order chi connectivity index (χ1) is 9.95. The summed E-state index contributed by atoms with van der Waals surface area (Å²) >= 11 is 5.36. The maximum atomic E-state index is 5.36. The maximum absolute atomic E-state index is 5.36. The van der Waals surface area contributed by atoms with Gasteiger partial charge in [-0.1, -0.05) is 32.0 Å². The molecule has 0 saturated carbocycles. The summed E-state index contributed by atoms with van der Waals surface area (Å²) in [5.41, 5.74) is 5.87. The summed E-state index contributed by atoms with van der Waals surface area (Å²) < 4.78 is 0. The lowest BCUT2D eigenvalue weighted by atomic mass is 10.0. The molecule has 2 N–H and O–H groups in total. The highest BCUT2D eigenvalue weighted by molar-refractivity contribution is 7.80. The van der Waals surface area contributed by atoms with E-state index in [2.05, 4.69) is 74.7 Å². The fraction of sp³-hybridized carbons (Fsp3) is 0.278. The first kappa shape index (κ1) is 15.5. The number of nitrogens with one attached hydrogen (secondary N) is 2. The third kappa shape index (κ3) is 4.30. The van der Waals surface area contributed by atoms with Crippen molar-refractivity contribution >= 4 is 28.7 Å². The molecule has 2 nitrogen and oxygen atoms in total. The first-order valence-electron chi connectivity index (χ1n) is 7.21. The summed E-state index contributed by atoms with van der Waals surface area (Å²) in [6, 6.07) is 14.6. The molecule has 0 aromatic heterocycles. The molecule has 0 amide bonds. The molecule has 21 heavy (non-hydrogen) atoms. The van der Waals surface area contributed by atoms with Gasteiger partial charge >= 0.3 is 0 Å². The molecule has 0 aliphatic rings. The highest BCUT2D eigenvalue weighted by atomic mass is 32.1. The van der Waals surface area contributed by atoms with Gasteiger partial charge in [0, 0.05) is 11.4 Å². The van der Waals surface area contributed by atoms with Gasteiger partial charge in [-0.2, -0.15) is 0 Å². The van der Waals surface area contributed by atoms with Crippen molar-refractivity contribution in [1.82, 2.24) is 0 Å². The molecule has 0 unspecified atom stereocenters. The molecule has 2 rings (SSSR count). The molecule has 0 fully saturated rings. The molecule has 0 spiro atoms. The number of aryl methyl sites for hydroxylation is 2. The highest BCUT2D eigenvalue weighted by Gasteiger charge is 2.02. The van der Waals surface area contributed by atoms with Crippen LogP contribution in [0.5, 0.6) is 0 Å². The Labute approximate surface area is 132 Å². The second kappa shape index (κ2) is 6.72. The summed E-state index contributed by atoms with van der Waals surface area (Å²) in [4.78, 5) is 0. The SMILES string of the molecule is Cc1ccc(NC(=S)Nc2ccc(C(C)C)cc2)cc1C. The molecule has 0 radical (unpaired) electrons. The third-order valence-electron chi connectivity index (χ3n) is 3.60. The topological polar surface area (TPSA) is 24.1 Å². The van der Waals surface area contributed by atoms with Crippen molar-refractivity contribution in [3.63, 3.8) is 0 Å². The van der Waals surface area contributed by atoms with Gasteiger partial charge in [-0.15, -0.1) is 0 Å². The number of hydrogen-bond acceptors (Lipinski definition) is 1. The van der Waals surface area contributed by atoms with E-state index in [-0.39, 0.29) is 0 Å². The lowest BCUT2D eigenvalue weighted by Gasteiger charge is -2.13. The highest BCUT2D eigenvalue weighted by Crippen LogP contribution is 2.18. The van der Waals surface area contributed by atoms with E-state index < -0.39 is 0 Å². The molecule has 3 heteroatoms. The van der Waals surface area contributed by atoms with Crippen LogP contribution in [-0.2, 0) is 0 Å². The fourth-order valence-corrected chi connectivity index (χ4v) is 2.30. The van der Waals surface area contributed by atoms with Gasteiger partial charge in [-0.3, -0.25) is 0 Å². The van der Waals surface area contributed by atoms with Crippen LogP contribution < -0.4 is 10.6 Å². The zero-order valence-corrected chi connectivity index (χ0v) is 13.8. The Bertz CT molecular complexity index is 630. The van der Waals surface area contributed by atoms with Crippen LogP contribution in [0.2, 0.25) is 0 Å². The number of benzene rings is 2. The van der Waals surface area contributed by atoms with Crippen LogP contribution in [0.25, 0.3) is 0 Å². The predicted molar refractivity (Wildman–Crippen MR) is 96.3 cm³/mol. The molecular weight excluding hydrogens is 276 g/mol. The maximum Gasteiger partial charge on any atom is 0.175 e. The summed E-state index contributed by atoms with van der Waals surface area (Å²) in [6.45, 7) is 8.58. The smallest absolute Gasteiger partial charge is 0.175 e. The van der Waals surface area contributed by atoms with Crippen molar-refractivity contribution in [3.05, 3.63) is 59.2 Å². The number of thiocarbonyl (C=S) groups is 1. The van der Waals surface area contributed by atoms with E-state index >= 15 is 0 Å². The molecule has 2 aromatic rings.